The van der Waals surface area contributed by atoms with Crippen LogP contribution in [0.1, 0.15) is 87.3 Å². The fraction of sp³-hybridized carbons (Fsp3) is 0.472. The second kappa shape index (κ2) is 15.0. The Kier molecular flexibility index (Phi) is 11.9. The average Bonchev–Trinajstić information content (AvgIpc) is 2.93. The van der Waals surface area contributed by atoms with Gasteiger partial charge in [-0.05, 0) is 77.5 Å². The molecule has 46 heavy (non-hydrogen) atoms. The van der Waals surface area contributed by atoms with Gasteiger partial charge in [-0.2, -0.15) is 0 Å². The maximum atomic E-state index is 14.4. The second-order valence-corrected chi connectivity index (χ2v) is 13.4. The lowest BCUT2D eigenvalue weighted by Crippen LogP contribution is -2.38. The van der Waals surface area contributed by atoms with Gasteiger partial charge in [-0.1, -0.05) is 26.0 Å². The molecule has 1 fully saturated rings. The van der Waals surface area contributed by atoms with Crippen molar-refractivity contribution < 1.29 is 33.3 Å². The predicted octanol–water partition coefficient (Wildman–Crippen LogP) is 7.00. The molecule has 3 N–H and O–H groups in total. The Bertz CT molecular complexity index is 1530. The number of carboxylic acid groups (broad SMARTS) is 1. The lowest BCUT2D eigenvalue weighted by molar-refractivity contribution is -0.136. The first-order valence-corrected chi connectivity index (χ1v) is 15.6. The smallest absolute Gasteiger partial charge is 0.307 e. The van der Waals surface area contributed by atoms with Crippen LogP contribution in [0.5, 0.6) is 5.75 Å². The molecule has 0 saturated carbocycles. The molecule has 1 aliphatic heterocycles. The summed E-state index contributed by atoms with van der Waals surface area (Å²) in [4.78, 5) is 31.7. The molecular weight excluding hydrogens is 592 g/mol. The molecule has 1 aromatic heterocycles. The van der Waals surface area contributed by atoms with Gasteiger partial charge in [0.05, 0.1) is 24.3 Å². The molecule has 1 saturated heterocycles. The molecule has 0 unspecified atom stereocenters. The fourth-order valence-corrected chi connectivity index (χ4v) is 5.36. The van der Waals surface area contributed by atoms with Crippen LogP contribution in [0.4, 0.5) is 14.5 Å². The van der Waals surface area contributed by atoms with E-state index in [0.717, 1.165) is 60.6 Å². The van der Waals surface area contributed by atoms with Crippen molar-refractivity contribution >= 4 is 17.6 Å². The number of carbonyl (C=O) groups excluding carboxylic acids is 1. The molecule has 8 nitrogen and oxygen atoms in total. The van der Waals surface area contributed by atoms with Crippen molar-refractivity contribution in [1.82, 2.24) is 10.3 Å². The molecule has 1 amide bonds. The van der Waals surface area contributed by atoms with Gasteiger partial charge in [0.1, 0.15) is 17.4 Å². The number of anilines is 1. The molecule has 0 atom stereocenters. The predicted molar refractivity (Wildman–Crippen MR) is 176 cm³/mol. The van der Waals surface area contributed by atoms with Crippen molar-refractivity contribution in [2.24, 2.45) is 5.41 Å². The Hall–Kier alpha value is -4.05. The molecule has 2 heterocycles. The van der Waals surface area contributed by atoms with E-state index in [4.69, 9.17) is 14.8 Å². The molecule has 10 heteroatoms. The third kappa shape index (κ3) is 9.97. The van der Waals surface area contributed by atoms with Gasteiger partial charge < -0.3 is 25.2 Å². The topological polar surface area (TPSA) is 112 Å². The summed E-state index contributed by atoms with van der Waals surface area (Å²) in [7, 11) is 0. The lowest BCUT2D eigenvalue weighted by atomic mass is 9.82. The van der Waals surface area contributed by atoms with E-state index >= 15 is 0 Å². The molecule has 0 radical (unpaired) electrons. The molecule has 0 spiro atoms. The van der Waals surface area contributed by atoms with Crippen LogP contribution in [0.2, 0.25) is 0 Å². The van der Waals surface area contributed by atoms with Gasteiger partial charge in [0.2, 0.25) is 0 Å². The number of aryl methyl sites for hydroxylation is 2. The van der Waals surface area contributed by atoms with Crippen molar-refractivity contribution in [2.75, 3.05) is 24.6 Å². The van der Waals surface area contributed by atoms with Crippen LogP contribution in [-0.2, 0) is 17.8 Å². The summed E-state index contributed by atoms with van der Waals surface area (Å²) < 4.78 is 33.4. The largest absolute Gasteiger partial charge is 0.493 e. The SMILES string of the molecule is CC(C)(C)O.CCOc1cc(F)cc(F)c1CNC(=O)c1ccc(-c2c(C)nc(C)c(CC(=O)O)c2N2CCC(C)(C)CC2)cc1. The number of rotatable bonds is 9. The highest BCUT2D eigenvalue weighted by atomic mass is 19.1. The van der Waals surface area contributed by atoms with Crippen molar-refractivity contribution in [3.63, 3.8) is 0 Å². The van der Waals surface area contributed by atoms with E-state index in [1.54, 1.807) is 39.8 Å². The summed E-state index contributed by atoms with van der Waals surface area (Å²) in [5.74, 6) is -2.84. The Morgan fingerprint density at radius 3 is 2.15 bits per heavy atom. The highest BCUT2D eigenvalue weighted by molar-refractivity contribution is 5.95. The number of nitrogens with zero attached hydrogens (tertiary/aromatic N) is 2. The Labute approximate surface area is 270 Å². The number of hydrogen-bond acceptors (Lipinski definition) is 6. The number of aliphatic hydroxyl groups is 1. The number of aromatic nitrogens is 1. The Balaban J connectivity index is 0.00000107. The number of carbonyl (C=O) groups is 2. The zero-order valence-corrected chi connectivity index (χ0v) is 28.2. The summed E-state index contributed by atoms with van der Waals surface area (Å²) >= 11 is 0. The molecule has 3 aromatic rings. The molecule has 1 aliphatic rings. The standard InChI is InChI=1S/C32H37F2N3O4.C4H10O/c1-6-41-27-16-23(33)15-26(34)25(27)18-35-31(40)22-9-7-21(8-10-22)29-20(3)36-19(2)24(17-28(38)39)30(29)37-13-11-32(4,5)12-14-37;1-4(2,3)5/h7-10,15-16H,6,11-14,17-18H2,1-5H3,(H,35,40)(H,38,39);5H,1-3H3. The first-order chi connectivity index (χ1) is 21.4. The van der Waals surface area contributed by atoms with Gasteiger partial charge in [-0.15, -0.1) is 0 Å². The number of piperidine rings is 1. The summed E-state index contributed by atoms with van der Waals surface area (Å²) in [6.07, 6.45) is 1.84. The average molecular weight is 640 g/mol. The van der Waals surface area contributed by atoms with Crippen molar-refractivity contribution in [1.29, 1.82) is 0 Å². The Morgan fingerprint density at radius 1 is 1.02 bits per heavy atom. The number of halogens is 2. The van der Waals surface area contributed by atoms with Gasteiger partial charge in [0.15, 0.2) is 0 Å². The minimum Gasteiger partial charge on any atom is -0.493 e. The number of nitrogens with one attached hydrogen (secondary N) is 1. The monoisotopic (exact) mass is 639 g/mol. The van der Waals surface area contributed by atoms with Crippen LogP contribution in [-0.4, -0.2) is 52.4 Å². The van der Waals surface area contributed by atoms with Crippen molar-refractivity contribution in [3.8, 4) is 16.9 Å². The van der Waals surface area contributed by atoms with Crippen molar-refractivity contribution in [2.45, 2.75) is 86.8 Å². The fourth-order valence-electron chi connectivity index (χ4n) is 5.36. The first kappa shape index (κ1) is 36.4. The van der Waals surface area contributed by atoms with E-state index in [-0.39, 0.29) is 36.3 Å². The van der Waals surface area contributed by atoms with Gasteiger partial charge in [0, 0.05) is 65.4 Å². The van der Waals surface area contributed by atoms with E-state index in [0.29, 0.717) is 16.8 Å². The minimum absolute atomic E-state index is 0.0498. The van der Waals surface area contributed by atoms with Crippen LogP contribution in [0.25, 0.3) is 11.1 Å². The second-order valence-electron chi connectivity index (χ2n) is 13.4. The van der Waals surface area contributed by atoms with Gasteiger partial charge in [-0.25, -0.2) is 8.78 Å². The quantitative estimate of drug-likeness (QED) is 0.231. The number of aliphatic carboxylic acids is 1. The normalized spacial score (nSPS) is 14.3. The maximum absolute atomic E-state index is 14.4. The van der Waals surface area contributed by atoms with Crippen molar-refractivity contribution in [3.05, 3.63) is 76.1 Å². The lowest BCUT2D eigenvalue weighted by Gasteiger charge is -2.40. The van der Waals surface area contributed by atoms with E-state index in [1.807, 2.05) is 26.0 Å². The number of benzene rings is 2. The third-order valence-electron chi connectivity index (χ3n) is 7.70. The van der Waals surface area contributed by atoms with E-state index in [1.165, 1.54) is 0 Å². The molecule has 4 rings (SSSR count). The maximum Gasteiger partial charge on any atom is 0.307 e. The number of amides is 1. The van der Waals surface area contributed by atoms with Crippen LogP contribution in [0.3, 0.4) is 0 Å². The van der Waals surface area contributed by atoms with Gasteiger partial charge in [0.25, 0.3) is 5.91 Å². The number of ether oxygens (including phenoxy) is 1. The van der Waals surface area contributed by atoms with Crippen LogP contribution >= 0.6 is 0 Å². The Morgan fingerprint density at radius 2 is 1.61 bits per heavy atom. The van der Waals surface area contributed by atoms with E-state index in [9.17, 15) is 23.5 Å². The number of hydrogen-bond donors (Lipinski definition) is 3. The molecule has 0 aliphatic carbocycles. The van der Waals surface area contributed by atoms with Crippen LogP contribution < -0.4 is 15.0 Å². The molecular formula is C36H47F2N3O5. The highest BCUT2D eigenvalue weighted by Gasteiger charge is 2.30. The summed E-state index contributed by atoms with van der Waals surface area (Å²) in [6.45, 7) is 16.9. The van der Waals surface area contributed by atoms with E-state index < -0.39 is 29.1 Å². The molecule has 0 bridgehead atoms. The molecule has 250 valence electrons. The van der Waals surface area contributed by atoms with Gasteiger partial charge in [-0.3, -0.25) is 14.6 Å². The number of carboxylic acids is 1. The van der Waals surface area contributed by atoms with Gasteiger partial charge >= 0.3 is 5.97 Å². The summed E-state index contributed by atoms with van der Waals surface area (Å²) in [6, 6.07) is 8.85. The summed E-state index contributed by atoms with van der Waals surface area (Å²) in [5.41, 5.74) is 4.89. The van der Waals surface area contributed by atoms with Crippen LogP contribution in [0, 0.1) is 30.9 Å². The van der Waals surface area contributed by atoms with Crippen LogP contribution in [0.15, 0.2) is 36.4 Å². The molecule has 2 aromatic carbocycles. The van der Waals surface area contributed by atoms with E-state index in [2.05, 4.69) is 24.1 Å². The first-order valence-electron chi connectivity index (χ1n) is 15.6. The zero-order valence-electron chi connectivity index (χ0n) is 28.2. The highest BCUT2D eigenvalue weighted by Crippen LogP contribution is 2.41. The minimum atomic E-state index is -0.916. The number of pyridine rings is 1. The zero-order chi connectivity index (χ0) is 34.4. The third-order valence-corrected chi connectivity index (χ3v) is 7.70. The summed E-state index contributed by atoms with van der Waals surface area (Å²) in [5, 5.41) is 20.9.